The van der Waals surface area contributed by atoms with Crippen LogP contribution in [0.4, 0.5) is 5.82 Å². The van der Waals surface area contributed by atoms with Crippen molar-refractivity contribution in [2.75, 3.05) is 11.4 Å². The van der Waals surface area contributed by atoms with Gasteiger partial charge in [0.05, 0.1) is 6.54 Å². The molecule has 2 aromatic heterocycles. The molecule has 0 amide bonds. The summed E-state index contributed by atoms with van der Waals surface area (Å²) in [6, 6.07) is 7.03. The van der Waals surface area contributed by atoms with Crippen molar-refractivity contribution in [1.82, 2.24) is 10.3 Å². The van der Waals surface area contributed by atoms with Crippen LogP contribution in [0.25, 0.3) is 0 Å². The van der Waals surface area contributed by atoms with E-state index in [-0.39, 0.29) is 0 Å². The fourth-order valence-electron chi connectivity index (χ4n) is 2.30. The van der Waals surface area contributed by atoms with Crippen molar-refractivity contribution in [2.24, 2.45) is 0 Å². The summed E-state index contributed by atoms with van der Waals surface area (Å²) in [7, 11) is 0. The second-order valence-corrected chi connectivity index (χ2v) is 6.65. The van der Waals surface area contributed by atoms with Gasteiger partial charge < -0.3 is 10.2 Å². The van der Waals surface area contributed by atoms with E-state index < -0.39 is 0 Å². The van der Waals surface area contributed by atoms with Gasteiger partial charge in [-0.25, -0.2) is 4.98 Å². The molecule has 0 aliphatic carbocycles. The summed E-state index contributed by atoms with van der Waals surface area (Å²) < 4.78 is 0. The first kappa shape index (κ1) is 16.0. The molecule has 3 nitrogen and oxygen atoms in total. The first-order chi connectivity index (χ1) is 10.1. The lowest BCUT2D eigenvalue weighted by molar-refractivity contribution is 0.587. The van der Waals surface area contributed by atoms with Crippen LogP contribution in [0.3, 0.4) is 0 Å². The third-order valence-electron chi connectivity index (χ3n) is 3.43. The van der Waals surface area contributed by atoms with Crippen LogP contribution in [0.1, 0.15) is 36.8 Å². The van der Waals surface area contributed by atoms with Gasteiger partial charge in [0.1, 0.15) is 5.82 Å². The minimum absolute atomic E-state index is 0.496. The van der Waals surface area contributed by atoms with Gasteiger partial charge in [0.25, 0.3) is 0 Å². The summed E-state index contributed by atoms with van der Waals surface area (Å²) in [5, 5.41) is 5.57. The molecule has 0 spiro atoms. The molecule has 21 heavy (non-hydrogen) atoms. The molecular formula is C17H25N3S. The Morgan fingerprint density at radius 2 is 2.19 bits per heavy atom. The molecule has 2 aromatic rings. The molecule has 2 heterocycles. The second kappa shape index (κ2) is 7.57. The number of nitrogens with one attached hydrogen (secondary N) is 1. The monoisotopic (exact) mass is 303 g/mol. The topological polar surface area (TPSA) is 28.2 Å². The van der Waals surface area contributed by atoms with Crippen LogP contribution in [-0.4, -0.2) is 17.6 Å². The van der Waals surface area contributed by atoms with Gasteiger partial charge in [-0.15, -0.1) is 11.3 Å². The Morgan fingerprint density at radius 3 is 2.76 bits per heavy atom. The number of hydrogen-bond acceptors (Lipinski definition) is 4. The van der Waals surface area contributed by atoms with Crippen LogP contribution in [0.5, 0.6) is 0 Å². The third kappa shape index (κ3) is 4.55. The number of anilines is 1. The molecule has 0 radical (unpaired) electrons. The molecule has 0 aromatic carbocycles. The van der Waals surface area contributed by atoms with E-state index in [1.165, 1.54) is 16.0 Å². The Kier molecular flexibility index (Phi) is 5.76. The molecule has 0 unspecified atom stereocenters. The van der Waals surface area contributed by atoms with Crippen molar-refractivity contribution in [2.45, 2.75) is 46.8 Å². The molecule has 114 valence electrons. The minimum atomic E-state index is 0.496. The standard InChI is InChI=1S/C17H25N3S/c1-5-20(12-16-7-6-8-21-16)17-14(4)9-15(11-19-17)10-18-13(2)3/h6-9,11,13,18H,5,10,12H2,1-4H3. The van der Waals surface area contributed by atoms with Gasteiger partial charge >= 0.3 is 0 Å². The van der Waals surface area contributed by atoms with Gasteiger partial charge in [0.15, 0.2) is 0 Å². The van der Waals surface area contributed by atoms with Crippen LogP contribution in [0.15, 0.2) is 29.8 Å². The first-order valence-corrected chi connectivity index (χ1v) is 8.44. The van der Waals surface area contributed by atoms with E-state index in [2.05, 4.69) is 61.5 Å². The van der Waals surface area contributed by atoms with Gasteiger partial charge in [0, 0.05) is 30.2 Å². The Morgan fingerprint density at radius 1 is 1.38 bits per heavy atom. The molecule has 0 atom stereocenters. The number of pyridine rings is 1. The Balaban J connectivity index is 2.10. The lowest BCUT2D eigenvalue weighted by atomic mass is 10.2. The van der Waals surface area contributed by atoms with Gasteiger partial charge in [0.2, 0.25) is 0 Å². The third-order valence-corrected chi connectivity index (χ3v) is 4.29. The lowest BCUT2D eigenvalue weighted by Crippen LogP contribution is -2.24. The molecule has 4 heteroatoms. The SMILES string of the molecule is CCN(Cc1cccs1)c1ncc(CNC(C)C)cc1C. The minimum Gasteiger partial charge on any atom is -0.352 e. The highest BCUT2D eigenvalue weighted by molar-refractivity contribution is 7.09. The number of hydrogen-bond donors (Lipinski definition) is 1. The van der Waals surface area contributed by atoms with Crippen LogP contribution in [-0.2, 0) is 13.1 Å². The van der Waals surface area contributed by atoms with Crippen molar-refractivity contribution in [1.29, 1.82) is 0 Å². The largest absolute Gasteiger partial charge is 0.352 e. The van der Waals surface area contributed by atoms with Crippen molar-refractivity contribution in [3.05, 3.63) is 45.8 Å². The van der Waals surface area contributed by atoms with Crippen molar-refractivity contribution < 1.29 is 0 Å². The van der Waals surface area contributed by atoms with E-state index in [1.54, 1.807) is 11.3 Å². The van der Waals surface area contributed by atoms with Gasteiger partial charge in [-0.3, -0.25) is 0 Å². The van der Waals surface area contributed by atoms with Crippen LogP contribution in [0, 0.1) is 6.92 Å². The fraction of sp³-hybridized carbons (Fsp3) is 0.471. The van der Waals surface area contributed by atoms with Crippen LogP contribution in [0.2, 0.25) is 0 Å². The Labute approximate surface area is 132 Å². The molecule has 0 bridgehead atoms. The molecule has 0 aliphatic heterocycles. The average molecular weight is 303 g/mol. The van der Waals surface area contributed by atoms with Crippen LogP contribution >= 0.6 is 11.3 Å². The fourth-order valence-corrected chi connectivity index (χ4v) is 3.02. The number of rotatable bonds is 7. The predicted octanol–water partition coefficient (Wildman–Crippen LogP) is 3.98. The molecular weight excluding hydrogens is 278 g/mol. The maximum absolute atomic E-state index is 4.70. The molecule has 0 aliphatic rings. The zero-order valence-corrected chi connectivity index (χ0v) is 14.2. The number of aryl methyl sites for hydroxylation is 1. The normalized spacial score (nSPS) is 11.1. The van der Waals surface area contributed by atoms with E-state index in [9.17, 15) is 0 Å². The summed E-state index contributed by atoms with van der Waals surface area (Å²) in [5.74, 6) is 1.10. The highest BCUT2D eigenvalue weighted by Gasteiger charge is 2.11. The Hall–Kier alpha value is -1.39. The lowest BCUT2D eigenvalue weighted by Gasteiger charge is -2.23. The highest BCUT2D eigenvalue weighted by atomic mass is 32.1. The second-order valence-electron chi connectivity index (χ2n) is 5.61. The average Bonchev–Trinajstić information content (AvgIpc) is 2.96. The summed E-state index contributed by atoms with van der Waals surface area (Å²) in [4.78, 5) is 8.41. The first-order valence-electron chi connectivity index (χ1n) is 7.56. The maximum atomic E-state index is 4.70. The van der Waals surface area contributed by atoms with Gasteiger partial charge in [-0.1, -0.05) is 19.9 Å². The Bertz CT molecular complexity index is 549. The van der Waals surface area contributed by atoms with Gasteiger partial charge in [-0.05, 0) is 42.5 Å². The predicted molar refractivity (Wildman–Crippen MR) is 92.0 cm³/mol. The molecule has 2 rings (SSSR count). The number of thiophene rings is 1. The maximum Gasteiger partial charge on any atom is 0.131 e. The van der Waals surface area contributed by atoms with Gasteiger partial charge in [-0.2, -0.15) is 0 Å². The molecule has 0 fully saturated rings. The zero-order valence-electron chi connectivity index (χ0n) is 13.4. The quantitative estimate of drug-likeness (QED) is 0.838. The van der Waals surface area contributed by atoms with E-state index in [0.717, 1.165) is 25.5 Å². The molecule has 0 saturated carbocycles. The van der Waals surface area contributed by atoms with E-state index in [1.807, 2.05) is 6.20 Å². The molecule has 0 saturated heterocycles. The van der Waals surface area contributed by atoms with E-state index in [0.29, 0.717) is 6.04 Å². The highest BCUT2D eigenvalue weighted by Crippen LogP contribution is 2.21. The van der Waals surface area contributed by atoms with Crippen molar-refractivity contribution in [3.8, 4) is 0 Å². The van der Waals surface area contributed by atoms with E-state index in [4.69, 9.17) is 4.98 Å². The molecule has 1 N–H and O–H groups in total. The number of nitrogens with zero attached hydrogens (tertiary/aromatic N) is 2. The summed E-state index contributed by atoms with van der Waals surface area (Å²) >= 11 is 1.80. The number of aromatic nitrogens is 1. The smallest absolute Gasteiger partial charge is 0.131 e. The zero-order chi connectivity index (χ0) is 15.2. The van der Waals surface area contributed by atoms with E-state index >= 15 is 0 Å². The summed E-state index contributed by atoms with van der Waals surface area (Å²) in [6.07, 6.45) is 1.99. The van der Waals surface area contributed by atoms with Crippen LogP contribution < -0.4 is 10.2 Å². The van der Waals surface area contributed by atoms with Crippen molar-refractivity contribution >= 4 is 17.2 Å². The summed E-state index contributed by atoms with van der Waals surface area (Å²) in [5.41, 5.74) is 2.49. The summed E-state index contributed by atoms with van der Waals surface area (Å²) in [6.45, 7) is 11.4. The van der Waals surface area contributed by atoms with Crippen molar-refractivity contribution in [3.63, 3.8) is 0 Å².